The zero-order valence-electron chi connectivity index (χ0n) is 8.17. The molecule has 1 rings (SSSR count). The standard InChI is InChI=1S/C8H14O8/c9-1-2(10)3(11)4(12)7-5(13)6(14)8(15)16-7/h2-7,9-14H,1H2/t2-,3+,4-,5+,6-,7-/m1/s1. The summed E-state index contributed by atoms with van der Waals surface area (Å²) in [7, 11) is 0. The molecule has 1 heterocycles. The van der Waals surface area contributed by atoms with Crippen LogP contribution < -0.4 is 0 Å². The lowest BCUT2D eigenvalue weighted by atomic mass is 9.99. The Balaban J connectivity index is 2.68. The van der Waals surface area contributed by atoms with Crippen LogP contribution >= 0.6 is 0 Å². The zero-order chi connectivity index (χ0) is 12.5. The van der Waals surface area contributed by atoms with Gasteiger partial charge in [0.15, 0.2) is 12.2 Å². The van der Waals surface area contributed by atoms with Crippen LogP contribution in [0.1, 0.15) is 0 Å². The Morgan fingerprint density at radius 2 is 1.81 bits per heavy atom. The van der Waals surface area contributed by atoms with E-state index in [1.165, 1.54) is 0 Å². The SMILES string of the molecule is O=C1O[C@H]([C@H](O)[C@@H](O)[C@H](O)CO)[C@@H](O)[C@H]1O. The van der Waals surface area contributed by atoms with Crippen molar-refractivity contribution in [3.8, 4) is 0 Å². The fourth-order valence-corrected chi connectivity index (χ4v) is 1.39. The van der Waals surface area contributed by atoms with Gasteiger partial charge in [0.05, 0.1) is 6.61 Å². The van der Waals surface area contributed by atoms with E-state index in [9.17, 15) is 20.1 Å². The van der Waals surface area contributed by atoms with Gasteiger partial charge >= 0.3 is 5.97 Å². The fraction of sp³-hybridized carbons (Fsp3) is 0.875. The molecule has 1 aliphatic heterocycles. The van der Waals surface area contributed by atoms with Crippen LogP contribution in [0.2, 0.25) is 0 Å². The number of rotatable bonds is 4. The molecule has 0 aromatic heterocycles. The largest absolute Gasteiger partial charge is 0.455 e. The molecule has 0 saturated carbocycles. The molecule has 6 atom stereocenters. The predicted octanol–water partition coefficient (Wildman–Crippen LogP) is -4.29. The number of aliphatic hydroxyl groups excluding tert-OH is 6. The van der Waals surface area contributed by atoms with Crippen LogP contribution in [0.15, 0.2) is 0 Å². The first kappa shape index (κ1) is 13.3. The van der Waals surface area contributed by atoms with E-state index in [2.05, 4.69) is 4.74 Å². The second-order valence-electron chi connectivity index (χ2n) is 3.57. The van der Waals surface area contributed by atoms with E-state index in [4.69, 9.17) is 15.3 Å². The van der Waals surface area contributed by atoms with E-state index in [1.807, 2.05) is 0 Å². The van der Waals surface area contributed by atoms with Gasteiger partial charge in [-0.15, -0.1) is 0 Å². The third-order valence-corrected chi connectivity index (χ3v) is 2.42. The van der Waals surface area contributed by atoms with Crippen molar-refractivity contribution in [3.05, 3.63) is 0 Å². The average molecular weight is 238 g/mol. The first-order chi connectivity index (χ1) is 7.40. The number of esters is 1. The molecule has 8 nitrogen and oxygen atoms in total. The summed E-state index contributed by atoms with van der Waals surface area (Å²) < 4.78 is 4.42. The highest BCUT2D eigenvalue weighted by molar-refractivity contribution is 5.77. The van der Waals surface area contributed by atoms with Crippen LogP contribution in [0.4, 0.5) is 0 Å². The number of hydrogen-bond donors (Lipinski definition) is 6. The minimum absolute atomic E-state index is 0.808. The van der Waals surface area contributed by atoms with Crippen molar-refractivity contribution >= 4 is 5.97 Å². The summed E-state index contributed by atoms with van der Waals surface area (Å²) in [5.41, 5.74) is 0. The second kappa shape index (κ2) is 5.04. The second-order valence-corrected chi connectivity index (χ2v) is 3.57. The Morgan fingerprint density at radius 1 is 1.25 bits per heavy atom. The smallest absolute Gasteiger partial charge is 0.338 e. The Morgan fingerprint density at radius 3 is 2.19 bits per heavy atom. The van der Waals surface area contributed by atoms with Crippen LogP contribution in [0.3, 0.4) is 0 Å². The highest BCUT2D eigenvalue weighted by atomic mass is 16.6. The number of carbonyl (C=O) groups excluding carboxylic acids is 1. The summed E-state index contributed by atoms with van der Waals surface area (Å²) >= 11 is 0. The van der Waals surface area contributed by atoms with Gasteiger partial charge in [-0.2, -0.15) is 0 Å². The maximum absolute atomic E-state index is 10.8. The molecule has 1 aliphatic rings. The lowest BCUT2D eigenvalue weighted by Crippen LogP contribution is -2.50. The number of hydrogen-bond acceptors (Lipinski definition) is 8. The van der Waals surface area contributed by atoms with Crippen molar-refractivity contribution in [1.29, 1.82) is 0 Å². The van der Waals surface area contributed by atoms with Crippen molar-refractivity contribution in [2.45, 2.75) is 36.6 Å². The van der Waals surface area contributed by atoms with E-state index >= 15 is 0 Å². The molecule has 0 aromatic carbocycles. The van der Waals surface area contributed by atoms with Crippen LogP contribution in [0.25, 0.3) is 0 Å². The Bertz CT molecular complexity index is 256. The molecule has 0 spiro atoms. The molecule has 0 radical (unpaired) electrons. The van der Waals surface area contributed by atoms with Gasteiger partial charge in [-0.1, -0.05) is 0 Å². The maximum atomic E-state index is 10.8. The molecule has 94 valence electrons. The molecular formula is C8H14O8. The Hall–Kier alpha value is -0.770. The summed E-state index contributed by atoms with van der Waals surface area (Å²) in [6.07, 6.45) is -10.3. The fourth-order valence-electron chi connectivity index (χ4n) is 1.39. The first-order valence-electron chi connectivity index (χ1n) is 4.61. The molecule has 6 N–H and O–H groups in total. The van der Waals surface area contributed by atoms with E-state index in [-0.39, 0.29) is 0 Å². The third-order valence-electron chi connectivity index (χ3n) is 2.42. The average Bonchev–Trinajstić information content (AvgIpc) is 2.54. The van der Waals surface area contributed by atoms with E-state index in [0.29, 0.717) is 0 Å². The predicted molar refractivity (Wildman–Crippen MR) is 47.0 cm³/mol. The summed E-state index contributed by atoms with van der Waals surface area (Å²) in [4.78, 5) is 10.8. The van der Waals surface area contributed by atoms with Crippen LogP contribution in [-0.4, -0.2) is 79.8 Å². The van der Waals surface area contributed by atoms with E-state index < -0.39 is 49.2 Å². The molecule has 8 heteroatoms. The molecule has 0 bridgehead atoms. The molecular weight excluding hydrogens is 224 g/mol. The van der Waals surface area contributed by atoms with Gasteiger partial charge in [0.1, 0.15) is 24.4 Å². The molecule has 1 saturated heterocycles. The van der Waals surface area contributed by atoms with Gasteiger partial charge in [-0.05, 0) is 0 Å². The van der Waals surface area contributed by atoms with Gasteiger partial charge in [0.25, 0.3) is 0 Å². The maximum Gasteiger partial charge on any atom is 0.338 e. The number of carbonyl (C=O) groups is 1. The lowest BCUT2D eigenvalue weighted by molar-refractivity contribution is -0.159. The molecule has 16 heavy (non-hydrogen) atoms. The van der Waals surface area contributed by atoms with Crippen LogP contribution in [-0.2, 0) is 9.53 Å². The molecule has 0 aliphatic carbocycles. The summed E-state index contributed by atoms with van der Waals surface area (Å²) in [6, 6.07) is 0. The normalized spacial score (nSPS) is 35.6. The van der Waals surface area contributed by atoms with E-state index in [0.717, 1.165) is 0 Å². The van der Waals surface area contributed by atoms with Gasteiger partial charge in [0.2, 0.25) is 0 Å². The van der Waals surface area contributed by atoms with Crippen LogP contribution in [0.5, 0.6) is 0 Å². The number of ether oxygens (including phenoxy) is 1. The highest BCUT2D eigenvalue weighted by Crippen LogP contribution is 2.21. The molecule has 0 amide bonds. The highest BCUT2D eigenvalue weighted by Gasteiger charge is 2.48. The van der Waals surface area contributed by atoms with E-state index in [1.54, 1.807) is 0 Å². The van der Waals surface area contributed by atoms with Crippen molar-refractivity contribution in [3.63, 3.8) is 0 Å². The van der Waals surface area contributed by atoms with Gasteiger partial charge in [-0.3, -0.25) is 0 Å². The minimum atomic E-state index is -1.81. The van der Waals surface area contributed by atoms with Gasteiger partial charge in [0, 0.05) is 0 Å². The number of cyclic esters (lactones) is 1. The molecule has 0 unspecified atom stereocenters. The summed E-state index contributed by atoms with van der Waals surface area (Å²) in [5.74, 6) is -1.12. The van der Waals surface area contributed by atoms with Gasteiger partial charge in [-0.25, -0.2) is 4.79 Å². The third kappa shape index (κ3) is 2.32. The topological polar surface area (TPSA) is 148 Å². The Labute approximate surface area is 90.3 Å². The number of aliphatic hydroxyl groups is 6. The molecule has 0 aromatic rings. The first-order valence-corrected chi connectivity index (χ1v) is 4.61. The summed E-state index contributed by atoms with van der Waals surface area (Å²) in [6.45, 7) is -0.808. The van der Waals surface area contributed by atoms with Crippen LogP contribution in [0, 0.1) is 0 Å². The zero-order valence-corrected chi connectivity index (χ0v) is 8.17. The molecule has 1 fully saturated rings. The van der Waals surface area contributed by atoms with Crippen molar-refractivity contribution in [2.24, 2.45) is 0 Å². The van der Waals surface area contributed by atoms with Crippen molar-refractivity contribution in [1.82, 2.24) is 0 Å². The monoisotopic (exact) mass is 238 g/mol. The van der Waals surface area contributed by atoms with Gasteiger partial charge < -0.3 is 35.4 Å². The quantitative estimate of drug-likeness (QED) is 0.269. The van der Waals surface area contributed by atoms with Crippen molar-refractivity contribution < 1.29 is 40.2 Å². The minimum Gasteiger partial charge on any atom is -0.455 e. The lowest BCUT2D eigenvalue weighted by Gasteiger charge is -2.26. The Kier molecular flexibility index (Phi) is 4.19. The van der Waals surface area contributed by atoms with Crippen molar-refractivity contribution in [2.75, 3.05) is 6.61 Å². The summed E-state index contributed by atoms with van der Waals surface area (Å²) in [5, 5.41) is 54.6.